The molecule has 5 rings (SSSR count). The lowest BCUT2D eigenvalue weighted by Crippen LogP contribution is -2.32. The number of carbonyl (C=O) groups excluding carboxylic acids is 1. The van der Waals surface area contributed by atoms with Crippen LogP contribution < -0.4 is 16.6 Å². The van der Waals surface area contributed by atoms with Gasteiger partial charge in [-0.1, -0.05) is 0 Å². The molecule has 0 radical (unpaired) electrons. The van der Waals surface area contributed by atoms with E-state index in [1.165, 1.54) is 9.25 Å². The maximum atomic E-state index is 13.3. The zero-order valence-corrected chi connectivity index (χ0v) is 17.0. The molecule has 0 aliphatic heterocycles. The van der Waals surface area contributed by atoms with E-state index in [0.29, 0.717) is 29.5 Å². The largest absolute Gasteiger partial charge is 0.463 e. The molecule has 1 fully saturated rings. The van der Waals surface area contributed by atoms with E-state index in [9.17, 15) is 14.4 Å². The Morgan fingerprint density at radius 2 is 2.13 bits per heavy atom. The maximum Gasteiger partial charge on any atom is 0.329 e. The topological polar surface area (TPSA) is 128 Å². The Hall–Kier alpha value is -3.95. The Kier molecular flexibility index (Phi) is 4.35. The molecule has 10 nitrogen and oxygen atoms in total. The number of hydrogen-bond donors (Lipinski definition) is 2. The van der Waals surface area contributed by atoms with Gasteiger partial charge in [0.05, 0.1) is 17.2 Å². The number of H-pyrrole nitrogens is 1. The molecule has 10 heteroatoms. The lowest BCUT2D eigenvalue weighted by molar-refractivity contribution is 0.102. The number of furan rings is 1. The lowest BCUT2D eigenvalue weighted by atomic mass is 10.1. The second-order valence-electron chi connectivity index (χ2n) is 7.54. The summed E-state index contributed by atoms with van der Waals surface area (Å²) >= 11 is 0. The van der Waals surface area contributed by atoms with Gasteiger partial charge in [-0.3, -0.25) is 23.8 Å². The van der Waals surface area contributed by atoms with Gasteiger partial charge in [0.1, 0.15) is 11.5 Å². The van der Waals surface area contributed by atoms with Crippen LogP contribution in [0.4, 0.5) is 5.82 Å². The molecule has 0 saturated heterocycles. The van der Waals surface area contributed by atoms with Crippen molar-refractivity contribution in [2.24, 2.45) is 7.05 Å². The summed E-state index contributed by atoms with van der Waals surface area (Å²) in [7, 11) is 1.70. The minimum absolute atomic E-state index is 0.0942. The van der Waals surface area contributed by atoms with E-state index in [0.717, 1.165) is 12.8 Å². The van der Waals surface area contributed by atoms with Gasteiger partial charge in [-0.25, -0.2) is 9.78 Å². The standard InChI is InChI=1S/C21H20N6O4/c1-3-27-18-17(20(29)24-21(27)30)12(9-13(22-18)11-6-7-11)19(28)23-16-10-14(25-26(16)2)15-5-4-8-31-15/h4-5,8-11H,3,6-7H2,1-2H3,(H,23,28)(H,24,29,30). The highest BCUT2D eigenvalue weighted by Crippen LogP contribution is 2.40. The fraction of sp³-hybridized carbons (Fsp3) is 0.286. The van der Waals surface area contributed by atoms with Crippen LogP contribution in [0.25, 0.3) is 22.5 Å². The molecule has 4 aromatic rings. The zero-order chi connectivity index (χ0) is 21.7. The van der Waals surface area contributed by atoms with E-state index in [2.05, 4.69) is 20.4 Å². The molecule has 1 aliphatic carbocycles. The van der Waals surface area contributed by atoms with Crippen LogP contribution in [0.3, 0.4) is 0 Å². The van der Waals surface area contributed by atoms with Gasteiger partial charge in [0.25, 0.3) is 11.5 Å². The first kappa shape index (κ1) is 19.0. The zero-order valence-electron chi connectivity index (χ0n) is 17.0. The van der Waals surface area contributed by atoms with Gasteiger partial charge in [0.2, 0.25) is 0 Å². The Morgan fingerprint density at radius 3 is 2.81 bits per heavy atom. The molecule has 1 saturated carbocycles. The van der Waals surface area contributed by atoms with E-state index < -0.39 is 17.2 Å². The van der Waals surface area contributed by atoms with Gasteiger partial charge >= 0.3 is 5.69 Å². The summed E-state index contributed by atoms with van der Waals surface area (Å²) in [6, 6.07) is 6.87. The fourth-order valence-corrected chi connectivity index (χ4v) is 3.67. The average Bonchev–Trinajstić information content (AvgIpc) is 3.33. The van der Waals surface area contributed by atoms with Crippen LogP contribution in [0.1, 0.15) is 41.7 Å². The average molecular weight is 420 g/mol. The quantitative estimate of drug-likeness (QED) is 0.510. The Balaban J connectivity index is 1.62. The van der Waals surface area contributed by atoms with Crippen LogP contribution >= 0.6 is 0 Å². The summed E-state index contributed by atoms with van der Waals surface area (Å²) in [5.74, 6) is 0.771. The van der Waals surface area contributed by atoms with Crippen LogP contribution in [-0.2, 0) is 13.6 Å². The number of hydrogen-bond acceptors (Lipinski definition) is 6. The third-order valence-electron chi connectivity index (χ3n) is 5.42. The highest BCUT2D eigenvalue weighted by Gasteiger charge is 2.29. The normalized spacial score (nSPS) is 13.6. The van der Waals surface area contributed by atoms with Gasteiger partial charge in [0.15, 0.2) is 11.4 Å². The molecule has 158 valence electrons. The van der Waals surface area contributed by atoms with Crippen LogP contribution in [0.2, 0.25) is 0 Å². The second-order valence-corrected chi connectivity index (χ2v) is 7.54. The second kappa shape index (κ2) is 7.08. The molecule has 4 heterocycles. The summed E-state index contributed by atoms with van der Waals surface area (Å²) in [4.78, 5) is 45.0. The number of fused-ring (bicyclic) bond motifs is 1. The molecule has 0 spiro atoms. The SMILES string of the molecule is CCn1c(=O)[nH]c(=O)c2c(C(=O)Nc3cc(-c4ccco4)nn3C)cc(C3CC3)nc21. The molecule has 1 aliphatic rings. The number of carbonyl (C=O) groups is 1. The van der Waals surface area contributed by atoms with Gasteiger partial charge in [0, 0.05) is 31.3 Å². The van der Waals surface area contributed by atoms with E-state index >= 15 is 0 Å². The first-order valence-electron chi connectivity index (χ1n) is 10.0. The molecule has 31 heavy (non-hydrogen) atoms. The van der Waals surface area contributed by atoms with Crippen LogP contribution in [0.5, 0.6) is 0 Å². The number of rotatable bonds is 5. The lowest BCUT2D eigenvalue weighted by Gasteiger charge is -2.12. The van der Waals surface area contributed by atoms with Gasteiger partial charge in [-0.15, -0.1) is 0 Å². The molecule has 0 unspecified atom stereocenters. The fourth-order valence-electron chi connectivity index (χ4n) is 3.67. The molecular weight excluding hydrogens is 400 g/mol. The summed E-state index contributed by atoms with van der Waals surface area (Å²) < 4.78 is 8.26. The van der Waals surface area contributed by atoms with E-state index in [-0.39, 0.29) is 22.5 Å². The third-order valence-corrected chi connectivity index (χ3v) is 5.42. The maximum absolute atomic E-state index is 13.3. The summed E-state index contributed by atoms with van der Waals surface area (Å²) in [6.07, 6.45) is 3.48. The number of nitrogens with zero attached hydrogens (tertiary/aromatic N) is 4. The van der Waals surface area contributed by atoms with Crippen molar-refractivity contribution in [2.75, 3.05) is 5.32 Å². The van der Waals surface area contributed by atoms with Crippen molar-refractivity contribution in [3.05, 3.63) is 62.6 Å². The monoisotopic (exact) mass is 420 g/mol. The van der Waals surface area contributed by atoms with Crippen molar-refractivity contribution in [3.63, 3.8) is 0 Å². The Morgan fingerprint density at radius 1 is 1.32 bits per heavy atom. The van der Waals surface area contributed by atoms with E-state index in [1.807, 2.05) is 0 Å². The summed E-state index contributed by atoms with van der Waals surface area (Å²) in [6.45, 7) is 2.11. The first-order valence-corrected chi connectivity index (χ1v) is 10.0. The molecule has 4 aromatic heterocycles. The van der Waals surface area contributed by atoms with Crippen molar-refractivity contribution in [3.8, 4) is 11.5 Å². The molecule has 0 atom stereocenters. The van der Waals surface area contributed by atoms with Crippen LogP contribution in [-0.4, -0.2) is 30.2 Å². The summed E-state index contributed by atoms with van der Waals surface area (Å²) in [5.41, 5.74) is 0.514. The molecule has 0 bridgehead atoms. The van der Waals surface area contributed by atoms with Gasteiger partial charge in [-0.2, -0.15) is 5.10 Å². The third kappa shape index (κ3) is 3.25. The predicted octanol–water partition coefficient (Wildman–Crippen LogP) is 2.23. The van der Waals surface area contributed by atoms with Crippen molar-refractivity contribution in [1.29, 1.82) is 0 Å². The van der Waals surface area contributed by atoms with E-state index in [1.54, 1.807) is 44.5 Å². The number of nitrogens with one attached hydrogen (secondary N) is 2. The van der Waals surface area contributed by atoms with Crippen molar-refractivity contribution in [2.45, 2.75) is 32.2 Å². The van der Waals surface area contributed by atoms with Crippen LogP contribution in [0, 0.1) is 0 Å². The van der Waals surface area contributed by atoms with E-state index in [4.69, 9.17) is 4.42 Å². The molecule has 0 aromatic carbocycles. The Bertz CT molecular complexity index is 1420. The smallest absolute Gasteiger partial charge is 0.329 e. The van der Waals surface area contributed by atoms with Crippen molar-refractivity contribution >= 4 is 22.8 Å². The molecule has 2 N–H and O–H groups in total. The number of anilines is 1. The number of aromatic amines is 1. The molecule has 1 amide bonds. The highest BCUT2D eigenvalue weighted by atomic mass is 16.3. The molecular formula is C21H20N6O4. The number of aryl methyl sites for hydroxylation is 2. The van der Waals surface area contributed by atoms with Crippen molar-refractivity contribution in [1.82, 2.24) is 24.3 Å². The highest BCUT2D eigenvalue weighted by molar-refractivity contribution is 6.11. The Labute approximate surface area is 175 Å². The number of aromatic nitrogens is 5. The predicted molar refractivity (Wildman–Crippen MR) is 113 cm³/mol. The minimum atomic E-state index is -0.633. The summed E-state index contributed by atoms with van der Waals surface area (Å²) in [5, 5.41) is 7.27. The van der Waals surface area contributed by atoms with Gasteiger partial charge in [-0.05, 0) is 38.0 Å². The number of pyridine rings is 1. The minimum Gasteiger partial charge on any atom is -0.463 e. The first-order chi connectivity index (χ1) is 15.0. The van der Waals surface area contributed by atoms with Crippen LogP contribution in [0.15, 0.2) is 44.5 Å². The van der Waals surface area contributed by atoms with Gasteiger partial charge < -0.3 is 9.73 Å². The van der Waals surface area contributed by atoms with Crippen molar-refractivity contribution < 1.29 is 9.21 Å². The number of amides is 1.